The van der Waals surface area contributed by atoms with Crippen molar-refractivity contribution in [2.75, 3.05) is 7.11 Å². The smallest absolute Gasteiger partial charge is 0.292 e. The van der Waals surface area contributed by atoms with E-state index in [2.05, 4.69) is 4.18 Å². The number of nitrogens with zero attached hydrogens (tertiary/aromatic N) is 1. The van der Waals surface area contributed by atoms with E-state index >= 15 is 0 Å². The van der Waals surface area contributed by atoms with Gasteiger partial charge in [0, 0.05) is 10.5 Å². The van der Waals surface area contributed by atoms with Gasteiger partial charge in [0.1, 0.15) is 5.25 Å². The third-order valence-electron chi connectivity index (χ3n) is 4.58. The molecule has 2 saturated heterocycles. The number of rotatable bonds is 5. The topological polar surface area (TPSA) is 104 Å². The summed E-state index contributed by atoms with van der Waals surface area (Å²) in [5, 5.41) is 10.9. The lowest BCUT2D eigenvalue weighted by atomic mass is 9.84. The first-order chi connectivity index (χ1) is 11.3. The maximum atomic E-state index is 12.9. The summed E-state index contributed by atoms with van der Waals surface area (Å²) in [7, 11) is -2.96. The molecule has 3 aliphatic rings. The molecule has 2 fully saturated rings. The molecule has 10 heteroatoms. The average molecular weight is 385 g/mol. The van der Waals surface area contributed by atoms with E-state index in [1.165, 1.54) is 12.2 Å². The molecular weight excluding hydrogens is 374 g/mol. The molecule has 1 aromatic carbocycles. The highest BCUT2D eigenvalue weighted by Gasteiger charge is 2.96. The van der Waals surface area contributed by atoms with Crippen LogP contribution in [0.5, 0.6) is 0 Å². The summed E-state index contributed by atoms with van der Waals surface area (Å²) in [5.74, 6) is -0.378. The summed E-state index contributed by atoms with van der Waals surface area (Å²) in [6.07, 6.45) is 2.76. The number of benzene rings is 1. The third kappa shape index (κ3) is 1.64. The van der Waals surface area contributed by atoms with E-state index in [1.54, 1.807) is 30.3 Å². The monoisotopic (exact) mass is 385 g/mol. The number of carbonyl (C=O) groups is 1. The Morgan fingerprint density at radius 2 is 1.96 bits per heavy atom. The molecule has 0 bridgehead atoms. The Labute approximate surface area is 146 Å². The number of nitro groups is 1. The lowest BCUT2D eigenvalue weighted by Gasteiger charge is -2.20. The van der Waals surface area contributed by atoms with Crippen molar-refractivity contribution in [1.82, 2.24) is 0 Å². The molecule has 7 nitrogen and oxygen atoms in total. The number of carbonyl (C=O) groups excluding carboxylic acids is 1. The molecule has 24 heavy (non-hydrogen) atoms. The molecule has 1 aromatic rings. The van der Waals surface area contributed by atoms with Crippen LogP contribution in [0.15, 0.2) is 42.5 Å². The number of thioether (sulfide) groups is 2. The van der Waals surface area contributed by atoms with E-state index in [-0.39, 0.29) is 5.78 Å². The molecule has 0 N–H and O–H groups in total. The van der Waals surface area contributed by atoms with E-state index < -0.39 is 34.0 Å². The minimum Gasteiger partial charge on any atom is -0.292 e. The van der Waals surface area contributed by atoms with Gasteiger partial charge in [0.05, 0.1) is 7.11 Å². The van der Waals surface area contributed by atoms with Crippen LogP contribution >= 0.6 is 23.5 Å². The molecule has 0 radical (unpaired) electrons. The Morgan fingerprint density at radius 3 is 2.54 bits per heavy atom. The van der Waals surface area contributed by atoms with Crippen LogP contribution in [-0.2, 0) is 14.3 Å². The summed E-state index contributed by atoms with van der Waals surface area (Å²) in [6, 6.07) is 8.31. The predicted molar refractivity (Wildman–Crippen MR) is 90.0 cm³/mol. The first kappa shape index (κ1) is 16.1. The summed E-state index contributed by atoms with van der Waals surface area (Å²) < 4.78 is 26.1. The molecule has 4 rings (SSSR count). The van der Waals surface area contributed by atoms with Crippen molar-refractivity contribution in [2.45, 2.75) is 18.9 Å². The summed E-state index contributed by atoms with van der Waals surface area (Å²) in [4.78, 5) is 22.5. The zero-order chi connectivity index (χ0) is 17.4. The minimum absolute atomic E-state index is 0.367. The second-order valence-electron chi connectivity index (χ2n) is 5.66. The van der Waals surface area contributed by atoms with Crippen LogP contribution < -0.4 is 0 Å². The zero-order valence-corrected chi connectivity index (χ0v) is 14.7. The van der Waals surface area contributed by atoms with Crippen LogP contribution in [0.4, 0.5) is 0 Å². The van der Waals surface area contributed by atoms with E-state index in [9.17, 15) is 23.3 Å². The van der Waals surface area contributed by atoms with Crippen LogP contribution in [0, 0.1) is 10.1 Å². The van der Waals surface area contributed by atoms with Gasteiger partial charge < -0.3 is 0 Å². The van der Waals surface area contributed by atoms with Gasteiger partial charge in [0.15, 0.2) is 14.6 Å². The fourth-order valence-electron chi connectivity index (χ4n) is 3.25. The average Bonchev–Trinajstić information content (AvgIpc) is 3.45. The summed E-state index contributed by atoms with van der Waals surface area (Å²) in [5.41, 5.74) is 0.367. The van der Waals surface area contributed by atoms with Gasteiger partial charge in [-0.05, 0) is 11.8 Å². The predicted octanol–water partition coefficient (Wildman–Crippen LogP) is 1.69. The van der Waals surface area contributed by atoms with Crippen molar-refractivity contribution in [3.63, 3.8) is 0 Å². The standard InChI is InChI=1S/C14H11NO6S3/c1-21-24(19,20)13-8-7-12(10(16)9-5-3-2-4-6-9)14(23-12,15(17)18)11(13)22-13/h2-8,11H,1H3. The number of hydrogen-bond donors (Lipinski definition) is 0. The van der Waals surface area contributed by atoms with Crippen LogP contribution in [0.2, 0.25) is 0 Å². The molecule has 0 amide bonds. The molecule has 0 spiro atoms. The van der Waals surface area contributed by atoms with Gasteiger partial charge in [0.25, 0.3) is 10.1 Å². The van der Waals surface area contributed by atoms with Gasteiger partial charge in [-0.3, -0.25) is 19.1 Å². The van der Waals surface area contributed by atoms with E-state index in [0.29, 0.717) is 5.56 Å². The Kier molecular flexibility index (Phi) is 3.11. The number of ketones is 1. The first-order valence-corrected chi connectivity index (χ1v) is 10.0. The first-order valence-electron chi connectivity index (χ1n) is 6.90. The molecule has 0 aromatic heterocycles. The fourth-order valence-corrected chi connectivity index (χ4v) is 8.64. The Bertz CT molecular complexity index is 900. The van der Waals surface area contributed by atoms with E-state index in [0.717, 1.165) is 30.6 Å². The van der Waals surface area contributed by atoms with Crippen molar-refractivity contribution in [3.05, 3.63) is 58.2 Å². The zero-order valence-electron chi connectivity index (χ0n) is 12.2. The normalized spacial score (nSPS) is 38.8. The van der Waals surface area contributed by atoms with Crippen LogP contribution in [0.3, 0.4) is 0 Å². The van der Waals surface area contributed by atoms with Crippen LogP contribution in [-0.4, -0.2) is 45.2 Å². The molecule has 0 saturated carbocycles. The van der Waals surface area contributed by atoms with Gasteiger partial charge in [0.2, 0.25) is 0 Å². The maximum Gasteiger partial charge on any atom is 0.308 e. The Hall–Kier alpha value is -1.36. The molecule has 2 heterocycles. The second kappa shape index (κ2) is 4.63. The quantitative estimate of drug-likeness (QED) is 0.188. The largest absolute Gasteiger partial charge is 0.308 e. The number of Topliss-reactive ketones (excluding diaryl/α,β-unsaturated/α-hetero) is 1. The van der Waals surface area contributed by atoms with E-state index in [4.69, 9.17) is 0 Å². The molecule has 4 unspecified atom stereocenters. The molecule has 4 atom stereocenters. The SMILES string of the molecule is COS(=O)(=O)C12C=CC3(C(=O)c4ccccc4)SC3([N+](=O)[O-])C1S2. The number of hydrogen-bond acceptors (Lipinski definition) is 8. The molecule has 1 aliphatic carbocycles. The van der Waals surface area contributed by atoms with Crippen molar-refractivity contribution in [3.8, 4) is 0 Å². The van der Waals surface area contributed by atoms with Gasteiger partial charge in [-0.2, -0.15) is 8.42 Å². The number of fused-ring (bicyclic) bond motifs is 3. The summed E-state index contributed by atoms with van der Waals surface area (Å²) in [6.45, 7) is 0. The van der Waals surface area contributed by atoms with Crippen LogP contribution in [0.25, 0.3) is 0 Å². The minimum atomic E-state index is -3.99. The lowest BCUT2D eigenvalue weighted by Crippen LogP contribution is -2.48. The van der Waals surface area contributed by atoms with Crippen molar-refractivity contribution in [1.29, 1.82) is 0 Å². The van der Waals surface area contributed by atoms with Gasteiger partial charge >= 0.3 is 4.87 Å². The highest BCUT2D eigenvalue weighted by molar-refractivity contribution is 8.23. The lowest BCUT2D eigenvalue weighted by molar-refractivity contribution is -0.526. The van der Waals surface area contributed by atoms with Crippen LogP contribution in [0.1, 0.15) is 10.4 Å². The maximum absolute atomic E-state index is 12.9. The Morgan fingerprint density at radius 1 is 1.29 bits per heavy atom. The highest BCUT2D eigenvalue weighted by atomic mass is 32.3. The second-order valence-corrected chi connectivity index (χ2v) is 10.7. The van der Waals surface area contributed by atoms with E-state index in [1.807, 2.05) is 0 Å². The summed E-state index contributed by atoms with van der Waals surface area (Å²) >= 11 is 1.86. The van der Waals surface area contributed by atoms with Crippen molar-refractivity contribution in [2.24, 2.45) is 0 Å². The molecule has 2 aliphatic heterocycles. The highest BCUT2D eigenvalue weighted by Crippen LogP contribution is 2.82. The fraction of sp³-hybridized carbons (Fsp3) is 0.357. The van der Waals surface area contributed by atoms with Gasteiger partial charge in [-0.1, -0.05) is 42.5 Å². The van der Waals surface area contributed by atoms with Gasteiger partial charge in [-0.15, -0.1) is 11.8 Å². The van der Waals surface area contributed by atoms with Crippen molar-refractivity contribution >= 4 is 39.4 Å². The van der Waals surface area contributed by atoms with Gasteiger partial charge in [-0.25, -0.2) is 0 Å². The Balaban J connectivity index is 1.82. The van der Waals surface area contributed by atoms with Crippen molar-refractivity contribution < 1.29 is 22.3 Å². The molecule has 126 valence electrons. The third-order valence-corrected chi connectivity index (χ3v) is 10.6. The molecular formula is C14H11NO6S3.